The van der Waals surface area contributed by atoms with Gasteiger partial charge < -0.3 is 0 Å². The minimum Gasteiger partial charge on any atom is -0.0843 e. The zero-order valence-electron chi connectivity index (χ0n) is 25.8. The molecule has 7 rings (SSSR count). The van der Waals surface area contributed by atoms with Crippen LogP contribution in [0.1, 0.15) is 11.1 Å². The summed E-state index contributed by atoms with van der Waals surface area (Å²) in [6, 6.07) is 56.7. The highest BCUT2D eigenvalue weighted by Crippen LogP contribution is 2.55. The van der Waals surface area contributed by atoms with Crippen molar-refractivity contribution in [1.29, 1.82) is 0 Å². The number of benzene rings is 7. The summed E-state index contributed by atoms with van der Waals surface area (Å²) in [5, 5.41) is 0.716. The van der Waals surface area contributed by atoms with Crippen molar-refractivity contribution in [3.05, 3.63) is 178 Å². The van der Waals surface area contributed by atoms with E-state index in [1.807, 2.05) is 12.1 Å². The van der Waals surface area contributed by atoms with E-state index in [2.05, 4.69) is 175 Å². The summed E-state index contributed by atoms with van der Waals surface area (Å²) in [5.74, 6) is 0. The summed E-state index contributed by atoms with van der Waals surface area (Å²) < 4.78 is 1.05. The van der Waals surface area contributed by atoms with Gasteiger partial charge in [0.25, 0.3) is 0 Å². The van der Waals surface area contributed by atoms with Crippen molar-refractivity contribution >= 4 is 27.5 Å². The standard InChI is InChI=1S/C44H32BrCl/c1-29-13-17-33(18-14-29)41-39(31-9-5-3-6-10-31)40(32-11-7-4-8-12-32)42(34-19-15-30(2)16-20-34)44(36-23-27-38(46)28-24-36)43(41)35-21-25-37(45)26-22-35/h3-28H,1-2H3. The van der Waals surface area contributed by atoms with Gasteiger partial charge in [-0.2, -0.15) is 0 Å². The van der Waals surface area contributed by atoms with E-state index < -0.39 is 0 Å². The Labute approximate surface area is 285 Å². The van der Waals surface area contributed by atoms with Crippen LogP contribution in [0.25, 0.3) is 66.8 Å². The van der Waals surface area contributed by atoms with Gasteiger partial charge in [-0.05, 0) is 105 Å². The molecule has 0 fully saturated rings. The van der Waals surface area contributed by atoms with E-state index >= 15 is 0 Å². The lowest BCUT2D eigenvalue weighted by Crippen LogP contribution is -2.02. The van der Waals surface area contributed by atoms with Crippen LogP contribution in [0.15, 0.2) is 162 Å². The molecule has 0 aliphatic heterocycles. The van der Waals surface area contributed by atoms with E-state index in [-0.39, 0.29) is 0 Å². The fourth-order valence-electron chi connectivity index (χ4n) is 6.37. The maximum Gasteiger partial charge on any atom is 0.0406 e. The minimum absolute atomic E-state index is 0.716. The Bertz CT molecular complexity index is 1950. The lowest BCUT2D eigenvalue weighted by Gasteiger charge is -2.29. The first-order valence-electron chi connectivity index (χ1n) is 15.5. The van der Waals surface area contributed by atoms with E-state index in [4.69, 9.17) is 11.6 Å². The molecule has 0 nitrogen and oxygen atoms in total. The Hall–Kier alpha value is -4.69. The molecule has 2 heteroatoms. The first-order valence-corrected chi connectivity index (χ1v) is 16.7. The van der Waals surface area contributed by atoms with E-state index in [1.165, 1.54) is 66.8 Å². The van der Waals surface area contributed by atoms with Gasteiger partial charge in [0.1, 0.15) is 0 Å². The van der Waals surface area contributed by atoms with E-state index in [1.54, 1.807) is 0 Å². The average molecular weight is 676 g/mol. The number of hydrogen-bond donors (Lipinski definition) is 0. The maximum absolute atomic E-state index is 6.52. The van der Waals surface area contributed by atoms with Crippen LogP contribution in [0.5, 0.6) is 0 Å². The molecule has 7 aromatic carbocycles. The monoisotopic (exact) mass is 674 g/mol. The largest absolute Gasteiger partial charge is 0.0843 e. The molecule has 0 aliphatic rings. The molecule has 0 saturated carbocycles. The highest BCUT2D eigenvalue weighted by Gasteiger charge is 2.29. The maximum atomic E-state index is 6.52. The van der Waals surface area contributed by atoms with Gasteiger partial charge in [0.15, 0.2) is 0 Å². The molecule has 0 amide bonds. The second-order valence-electron chi connectivity index (χ2n) is 11.7. The Morgan fingerprint density at radius 1 is 0.326 bits per heavy atom. The van der Waals surface area contributed by atoms with Gasteiger partial charge in [-0.15, -0.1) is 0 Å². The Balaban J connectivity index is 1.81. The molecule has 46 heavy (non-hydrogen) atoms. The molecule has 0 spiro atoms. The smallest absolute Gasteiger partial charge is 0.0406 e. The van der Waals surface area contributed by atoms with Crippen molar-refractivity contribution in [3.63, 3.8) is 0 Å². The summed E-state index contributed by atoms with van der Waals surface area (Å²) in [6.07, 6.45) is 0. The summed E-state index contributed by atoms with van der Waals surface area (Å²) >= 11 is 10.2. The van der Waals surface area contributed by atoms with Crippen molar-refractivity contribution in [2.45, 2.75) is 13.8 Å². The number of halogens is 2. The first-order chi connectivity index (χ1) is 22.5. The van der Waals surface area contributed by atoms with Gasteiger partial charge >= 0.3 is 0 Å². The van der Waals surface area contributed by atoms with Crippen LogP contribution in [0, 0.1) is 13.8 Å². The quantitative estimate of drug-likeness (QED) is 0.165. The van der Waals surface area contributed by atoms with Crippen molar-refractivity contribution in [1.82, 2.24) is 0 Å². The molecule has 0 N–H and O–H groups in total. The SMILES string of the molecule is Cc1ccc(-c2c(-c3ccccc3)c(-c3ccccc3)c(-c3ccc(C)cc3)c(-c3ccc(Br)cc3)c2-c2ccc(Cl)cc2)cc1. The Kier molecular flexibility index (Phi) is 8.45. The highest BCUT2D eigenvalue weighted by molar-refractivity contribution is 9.10. The minimum atomic E-state index is 0.716. The predicted molar refractivity (Wildman–Crippen MR) is 201 cm³/mol. The molecule has 0 bridgehead atoms. The third kappa shape index (κ3) is 5.85. The predicted octanol–water partition coefficient (Wildman–Crippen LogP) is 13.7. The van der Waals surface area contributed by atoms with Crippen LogP contribution < -0.4 is 0 Å². The second kappa shape index (κ2) is 13.0. The first kappa shape index (κ1) is 30.0. The van der Waals surface area contributed by atoms with Crippen LogP contribution in [0.2, 0.25) is 5.02 Å². The van der Waals surface area contributed by atoms with Crippen molar-refractivity contribution in [2.24, 2.45) is 0 Å². The zero-order valence-corrected chi connectivity index (χ0v) is 28.1. The molecule has 0 aliphatic carbocycles. The molecule has 0 atom stereocenters. The topological polar surface area (TPSA) is 0 Å². The van der Waals surface area contributed by atoms with Gasteiger partial charge in [-0.1, -0.05) is 172 Å². The Morgan fingerprint density at radius 3 is 0.913 bits per heavy atom. The lowest BCUT2D eigenvalue weighted by atomic mass is 9.74. The van der Waals surface area contributed by atoms with E-state index in [9.17, 15) is 0 Å². The van der Waals surface area contributed by atoms with Crippen LogP contribution in [0.4, 0.5) is 0 Å². The average Bonchev–Trinajstić information content (AvgIpc) is 3.09. The molecule has 7 aromatic rings. The van der Waals surface area contributed by atoms with Crippen LogP contribution in [0.3, 0.4) is 0 Å². The molecule has 0 heterocycles. The van der Waals surface area contributed by atoms with Gasteiger partial charge in [-0.3, -0.25) is 0 Å². The number of hydrogen-bond acceptors (Lipinski definition) is 0. The normalized spacial score (nSPS) is 11.0. The van der Waals surface area contributed by atoms with Gasteiger partial charge in [0, 0.05) is 9.50 Å². The summed E-state index contributed by atoms with van der Waals surface area (Å²) in [7, 11) is 0. The molecular formula is C44H32BrCl. The lowest BCUT2D eigenvalue weighted by molar-refractivity contribution is 1.45. The summed E-state index contributed by atoms with van der Waals surface area (Å²) in [4.78, 5) is 0. The van der Waals surface area contributed by atoms with Gasteiger partial charge in [0.05, 0.1) is 0 Å². The van der Waals surface area contributed by atoms with E-state index in [0.717, 1.165) is 15.6 Å². The van der Waals surface area contributed by atoms with Gasteiger partial charge in [-0.25, -0.2) is 0 Å². The Morgan fingerprint density at radius 2 is 0.587 bits per heavy atom. The van der Waals surface area contributed by atoms with Crippen molar-refractivity contribution < 1.29 is 0 Å². The zero-order chi connectivity index (χ0) is 31.6. The summed E-state index contributed by atoms with van der Waals surface area (Å²) in [5.41, 5.74) is 16.6. The van der Waals surface area contributed by atoms with Crippen LogP contribution in [-0.2, 0) is 0 Å². The van der Waals surface area contributed by atoms with Crippen LogP contribution in [-0.4, -0.2) is 0 Å². The van der Waals surface area contributed by atoms with E-state index in [0.29, 0.717) is 5.02 Å². The van der Waals surface area contributed by atoms with Crippen LogP contribution >= 0.6 is 27.5 Å². The second-order valence-corrected chi connectivity index (χ2v) is 13.1. The molecule has 222 valence electrons. The molecule has 0 aromatic heterocycles. The third-order valence-electron chi connectivity index (χ3n) is 8.57. The third-order valence-corrected chi connectivity index (χ3v) is 9.35. The molecule has 0 unspecified atom stereocenters. The fraction of sp³-hybridized carbons (Fsp3) is 0.0455. The highest BCUT2D eigenvalue weighted by atomic mass is 79.9. The number of aryl methyl sites for hydroxylation is 2. The van der Waals surface area contributed by atoms with Crippen molar-refractivity contribution in [2.75, 3.05) is 0 Å². The molecule has 0 saturated heterocycles. The summed E-state index contributed by atoms with van der Waals surface area (Å²) in [6.45, 7) is 4.29. The fourth-order valence-corrected chi connectivity index (χ4v) is 6.76. The molecular weight excluding hydrogens is 644 g/mol. The van der Waals surface area contributed by atoms with Gasteiger partial charge in [0.2, 0.25) is 0 Å². The number of rotatable bonds is 6. The van der Waals surface area contributed by atoms with Crippen molar-refractivity contribution in [3.8, 4) is 66.8 Å². The molecule has 0 radical (unpaired) electrons.